The van der Waals surface area contributed by atoms with Gasteiger partial charge in [0.25, 0.3) is 0 Å². The van der Waals surface area contributed by atoms with Crippen molar-refractivity contribution in [2.45, 2.75) is 45.6 Å². The largest absolute Gasteiger partial charge is 0.393 e. The molecule has 0 aliphatic carbocycles. The number of amides is 2. The van der Waals surface area contributed by atoms with Gasteiger partial charge in [-0.1, -0.05) is 13.8 Å². The van der Waals surface area contributed by atoms with Gasteiger partial charge in [0.15, 0.2) is 0 Å². The first kappa shape index (κ1) is 17.2. The Morgan fingerprint density at radius 1 is 1.25 bits per heavy atom. The molecule has 1 atom stereocenters. The fourth-order valence-electron chi connectivity index (χ4n) is 2.47. The summed E-state index contributed by atoms with van der Waals surface area (Å²) < 4.78 is 0. The van der Waals surface area contributed by atoms with Crippen LogP contribution in [0.15, 0.2) is 0 Å². The Balaban J connectivity index is 2.00. The number of carbonyl (C=O) groups is 1. The summed E-state index contributed by atoms with van der Waals surface area (Å²) in [4.78, 5) is 13.9. The highest BCUT2D eigenvalue weighted by molar-refractivity contribution is 5.73. The standard InChI is InChI=1S/C15H31N3O2/c1-12(2)14(19)5-9-17-15(20)16-8-4-13-6-10-18(3)11-7-13/h12-14,19H,4-11H2,1-3H3,(H2,16,17,20). The second-order valence-corrected chi connectivity index (χ2v) is 6.32. The molecule has 0 saturated carbocycles. The number of hydrogen-bond acceptors (Lipinski definition) is 3. The van der Waals surface area contributed by atoms with Crippen molar-refractivity contribution in [1.82, 2.24) is 15.5 Å². The molecule has 0 spiro atoms. The summed E-state index contributed by atoms with van der Waals surface area (Å²) in [6, 6.07) is -0.117. The van der Waals surface area contributed by atoms with Gasteiger partial charge in [0, 0.05) is 13.1 Å². The van der Waals surface area contributed by atoms with Gasteiger partial charge >= 0.3 is 6.03 Å². The molecule has 1 aliphatic heterocycles. The van der Waals surface area contributed by atoms with Gasteiger partial charge in [-0.2, -0.15) is 0 Å². The Morgan fingerprint density at radius 2 is 1.85 bits per heavy atom. The first-order valence-corrected chi connectivity index (χ1v) is 7.87. The average Bonchev–Trinajstić information content (AvgIpc) is 2.40. The van der Waals surface area contributed by atoms with E-state index in [1.54, 1.807) is 0 Å². The second kappa shape index (κ2) is 9.19. The molecule has 0 aromatic carbocycles. The number of nitrogens with zero attached hydrogens (tertiary/aromatic N) is 1. The van der Waals surface area contributed by atoms with Crippen molar-refractivity contribution in [3.05, 3.63) is 0 Å². The summed E-state index contributed by atoms with van der Waals surface area (Å²) >= 11 is 0. The van der Waals surface area contributed by atoms with Crippen LogP contribution in [0.3, 0.4) is 0 Å². The van der Waals surface area contributed by atoms with Crippen molar-refractivity contribution >= 4 is 6.03 Å². The van der Waals surface area contributed by atoms with Crippen LogP contribution in [0, 0.1) is 11.8 Å². The Morgan fingerprint density at radius 3 is 2.45 bits per heavy atom. The van der Waals surface area contributed by atoms with Gasteiger partial charge in [0.1, 0.15) is 0 Å². The van der Waals surface area contributed by atoms with Crippen LogP contribution in [0.25, 0.3) is 0 Å². The van der Waals surface area contributed by atoms with Crippen LogP contribution in [0.2, 0.25) is 0 Å². The van der Waals surface area contributed by atoms with Crippen LogP contribution in [-0.2, 0) is 0 Å². The van der Waals surface area contributed by atoms with Crippen LogP contribution >= 0.6 is 0 Å². The molecular weight excluding hydrogens is 254 g/mol. The van der Waals surface area contributed by atoms with Crippen molar-refractivity contribution < 1.29 is 9.90 Å². The molecule has 1 heterocycles. The normalized spacial score (nSPS) is 19.1. The summed E-state index contributed by atoms with van der Waals surface area (Å²) in [5.41, 5.74) is 0. The Bertz CT molecular complexity index is 276. The fourth-order valence-corrected chi connectivity index (χ4v) is 2.47. The summed E-state index contributed by atoms with van der Waals surface area (Å²) in [5, 5.41) is 15.3. The number of aliphatic hydroxyl groups excluding tert-OH is 1. The highest BCUT2D eigenvalue weighted by atomic mass is 16.3. The van der Waals surface area contributed by atoms with Crippen LogP contribution < -0.4 is 10.6 Å². The van der Waals surface area contributed by atoms with Crippen LogP contribution in [0.5, 0.6) is 0 Å². The minimum Gasteiger partial charge on any atom is -0.393 e. The number of urea groups is 1. The van der Waals surface area contributed by atoms with Crippen molar-refractivity contribution in [2.24, 2.45) is 11.8 Å². The molecule has 0 aromatic heterocycles. The van der Waals surface area contributed by atoms with E-state index in [1.165, 1.54) is 25.9 Å². The van der Waals surface area contributed by atoms with E-state index in [1.807, 2.05) is 13.8 Å². The number of aliphatic hydroxyl groups is 1. The molecule has 0 bridgehead atoms. The van der Waals surface area contributed by atoms with Gasteiger partial charge in [0.2, 0.25) is 0 Å². The number of rotatable bonds is 7. The molecule has 20 heavy (non-hydrogen) atoms. The number of piperidine rings is 1. The average molecular weight is 285 g/mol. The third kappa shape index (κ3) is 7.10. The molecule has 0 aromatic rings. The molecule has 1 unspecified atom stereocenters. The molecule has 1 saturated heterocycles. The Kier molecular flexibility index (Phi) is 7.92. The van der Waals surface area contributed by atoms with Crippen molar-refractivity contribution in [2.75, 3.05) is 33.2 Å². The number of carbonyl (C=O) groups excluding carboxylic acids is 1. The molecule has 3 N–H and O–H groups in total. The minimum atomic E-state index is -0.338. The number of nitrogens with one attached hydrogen (secondary N) is 2. The molecule has 5 nitrogen and oxygen atoms in total. The number of hydrogen-bond donors (Lipinski definition) is 3. The first-order valence-electron chi connectivity index (χ1n) is 7.87. The maximum Gasteiger partial charge on any atom is 0.314 e. The smallest absolute Gasteiger partial charge is 0.314 e. The molecule has 1 rings (SSSR count). The molecular formula is C15H31N3O2. The maximum atomic E-state index is 11.6. The summed E-state index contributed by atoms with van der Waals surface area (Å²) in [5.74, 6) is 0.985. The van der Waals surface area contributed by atoms with Gasteiger partial charge in [0.05, 0.1) is 6.10 Å². The van der Waals surface area contributed by atoms with Crippen molar-refractivity contribution in [3.63, 3.8) is 0 Å². The predicted octanol–water partition coefficient (Wildman–Crippen LogP) is 1.42. The zero-order valence-corrected chi connectivity index (χ0v) is 13.2. The number of likely N-dealkylation sites (tertiary alicyclic amines) is 1. The van der Waals surface area contributed by atoms with Gasteiger partial charge in [-0.25, -0.2) is 4.79 Å². The molecule has 0 radical (unpaired) electrons. The molecule has 1 fully saturated rings. The van der Waals surface area contributed by atoms with E-state index in [-0.39, 0.29) is 18.1 Å². The highest BCUT2D eigenvalue weighted by Gasteiger charge is 2.16. The van der Waals surface area contributed by atoms with Crippen molar-refractivity contribution in [1.29, 1.82) is 0 Å². The molecule has 5 heteroatoms. The summed E-state index contributed by atoms with van der Waals surface area (Å²) in [6.07, 6.45) is 3.81. The van der Waals surface area contributed by atoms with E-state index in [0.29, 0.717) is 13.0 Å². The molecule has 118 valence electrons. The lowest BCUT2D eigenvalue weighted by atomic mass is 9.94. The van der Waals surface area contributed by atoms with Crippen LogP contribution in [-0.4, -0.2) is 55.4 Å². The molecule has 2 amide bonds. The van der Waals surface area contributed by atoms with Crippen molar-refractivity contribution in [3.8, 4) is 0 Å². The molecule has 1 aliphatic rings. The van der Waals surface area contributed by atoms with Gasteiger partial charge in [-0.15, -0.1) is 0 Å². The van der Waals surface area contributed by atoms with Gasteiger partial charge in [-0.05, 0) is 57.7 Å². The fraction of sp³-hybridized carbons (Fsp3) is 0.933. The third-order valence-electron chi connectivity index (χ3n) is 4.17. The van der Waals surface area contributed by atoms with E-state index in [0.717, 1.165) is 18.9 Å². The summed E-state index contributed by atoms with van der Waals surface area (Å²) in [7, 11) is 2.16. The SMILES string of the molecule is CC(C)C(O)CCNC(=O)NCCC1CCN(C)CC1. The Labute approximate surface area is 123 Å². The maximum absolute atomic E-state index is 11.6. The lowest BCUT2D eigenvalue weighted by molar-refractivity contribution is 0.116. The van der Waals surface area contributed by atoms with Gasteiger partial charge in [-0.3, -0.25) is 0 Å². The van der Waals surface area contributed by atoms with Gasteiger partial charge < -0.3 is 20.6 Å². The van der Waals surface area contributed by atoms with Crippen LogP contribution in [0.4, 0.5) is 4.79 Å². The van der Waals surface area contributed by atoms with E-state index >= 15 is 0 Å². The third-order valence-corrected chi connectivity index (χ3v) is 4.17. The predicted molar refractivity (Wildman–Crippen MR) is 81.7 cm³/mol. The van der Waals surface area contributed by atoms with E-state index < -0.39 is 0 Å². The lowest BCUT2D eigenvalue weighted by Gasteiger charge is -2.28. The van der Waals surface area contributed by atoms with E-state index in [9.17, 15) is 9.90 Å². The second-order valence-electron chi connectivity index (χ2n) is 6.32. The highest BCUT2D eigenvalue weighted by Crippen LogP contribution is 2.18. The zero-order chi connectivity index (χ0) is 15.0. The van der Waals surface area contributed by atoms with E-state index in [4.69, 9.17) is 0 Å². The monoisotopic (exact) mass is 285 g/mol. The van der Waals surface area contributed by atoms with Crippen LogP contribution in [0.1, 0.15) is 39.5 Å². The Hall–Kier alpha value is -0.810. The zero-order valence-electron chi connectivity index (χ0n) is 13.2. The minimum absolute atomic E-state index is 0.117. The topological polar surface area (TPSA) is 64.6 Å². The lowest BCUT2D eigenvalue weighted by Crippen LogP contribution is -2.39. The summed E-state index contributed by atoms with van der Waals surface area (Å²) in [6.45, 7) is 7.57. The van der Waals surface area contributed by atoms with E-state index in [2.05, 4.69) is 22.6 Å². The quantitative estimate of drug-likeness (QED) is 0.663. The first-order chi connectivity index (χ1) is 9.49.